The first-order valence-electron chi connectivity index (χ1n) is 9.07. The Morgan fingerprint density at radius 3 is 2.50 bits per heavy atom. The van der Waals surface area contributed by atoms with E-state index in [-0.39, 0.29) is 17.9 Å². The van der Waals surface area contributed by atoms with E-state index < -0.39 is 11.9 Å². The molecule has 0 spiro atoms. The molecule has 0 aliphatic carbocycles. The summed E-state index contributed by atoms with van der Waals surface area (Å²) in [6.45, 7) is 5.39. The molecule has 140 valence electrons. The van der Waals surface area contributed by atoms with Crippen LogP contribution in [0.1, 0.15) is 62.0 Å². The number of carbonyl (C=O) groups is 1. The van der Waals surface area contributed by atoms with Crippen molar-refractivity contribution in [3.05, 3.63) is 47.6 Å². The van der Waals surface area contributed by atoms with Gasteiger partial charge >= 0.3 is 0 Å². The Hall–Kier alpha value is -2.25. The van der Waals surface area contributed by atoms with Gasteiger partial charge in [-0.2, -0.15) is 4.98 Å². The third kappa shape index (κ3) is 4.28. The Labute approximate surface area is 153 Å². The molecular weight excluding hydrogens is 332 g/mol. The summed E-state index contributed by atoms with van der Waals surface area (Å²) in [7, 11) is 0. The Balaban J connectivity index is 1.89. The summed E-state index contributed by atoms with van der Waals surface area (Å²) in [6.07, 6.45) is 1.72. The fraction of sp³-hybridized carbons (Fsp3) is 0.526. The molecular formula is C19H26N4O3. The predicted octanol–water partition coefficient (Wildman–Crippen LogP) is 2.48. The summed E-state index contributed by atoms with van der Waals surface area (Å²) < 4.78 is 11.0. The number of nitrogens with one attached hydrogen (secondary N) is 1. The molecule has 0 radical (unpaired) electrons. The summed E-state index contributed by atoms with van der Waals surface area (Å²) in [6, 6.07) is 8.58. The third-order valence-electron chi connectivity index (χ3n) is 4.74. The molecule has 2 heterocycles. The second kappa shape index (κ2) is 8.42. The average Bonchev–Trinajstić information content (AvgIpc) is 3.14. The van der Waals surface area contributed by atoms with Gasteiger partial charge in [-0.05, 0) is 24.3 Å². The van der Waals surface area contributed by atoms with Crippen LogP contribution in [-0.2, 0) is 9.53 Å². The van der Waals surface area contributed by atoms with Crippen LogP contribution in [0, 0.1) is 5.92 Å². The van der Waals surface area contributed by atoms with Crippen LogP contribution < -0.4 is 11.1 Å². The molecule has 2 atom stereocenters. The van der Waals surface area contributed by atoms with Crippen LogP contribution in [0.4, 0.5) is 0 Å². The van der Waals surface area contributed by atoms with Crippen molar-refractivity contribution in [2.24, 2.45) is 11.7 Å². The van der Waals surface area contributed by atoms with Crippen LogP contribution in [-0.4, -0.2) is 29.3 Å². The topological polar surface area (TPSA) is 103 Å². The molecule has 7 heteroatoms. The highest BCUT2D eigenvalue weighted by Crippen LogP contribution is 2.32. The van der Waals surface area contributed by atoms with E-state index in [9.17, 15) is 4.79 Å². The second-order valence-corrected chi connectivity index (χ2v) is 6.99. The lowest BCUT2D eigenvalue weighted by molar-refractivity contribution is -0.120. The number of rotatable bonds is 7. The van der Waals surface area contributed by atoms with Gasteiger partial charge in [-0.3, -0.25) is 10.1 Å². The van der Waals surface area contributed by atoms with Gasteiger partial charge in [0, 0.05) is 19.1 Å². The zero-order valence-corrected chi connectivity index (χ0v) is 15.2. The van der Waals surface area contributed by atoms with Crippen LogP contribution in [0.25, 0.3) is 0 Å². The summed E-state index contributed by atoms with van der Waals surface area (Å²) in [5.41, 5.74) is 6.51. The van der Waals surface area contributed by atoms with Crippen LogP contribution in [0.15, 0.2) is 34.9 Å². The van der Waals surface area contributed by atoms with E-state index in [4.69, 9.17) is 15.0 Å². The lowest BCUT2D eigenvalue weighted by atomic mass is 9.90. The maximum atomic E-state index is 12.1. The number of hydrogen-bond acceptors (Lipinski definition) is 6. The van der Waals surface area contributed by atoms with Crippen molar-refractivity contribution in [2.45, 2.75) is 44.7 Å². The van der Waals surface area contributed by atoms with Gasteiger partial charge in [-0.15, -0.1) is 0 Å². The molecule has 0 unspecified atom stereocenters. The SMILES string of the molecule is CC(C)c1noc([C@@H](N[C@@H](C(N)=O)c2ccccc2)C2CCOCC2)n1. The van der Waals surface area contributed by atoms with Crippen molar-refractivity contribution in [1.82, 2.24) is 15.5 Å². The van der Waals surface area contributed by atoms with Gasteiger partial charge < -0.3 is 15.0 Å². The molecule has 1 aliphatic rings. The van der Waals surface area contributed by atoms with E-state index in [2.05, 4.69) is 15.5 Å². The first kappa shape index (κ1) is 18.5. The normalized spacial score (nSPS) is 18.0. The Bertz CT molecular complexity index is 711. The number of aromatic nitrogens is 2. The number of nitrogens with two attached hydrogens (primary N) is 1. The van der Waals surface area contributed by atoms with Crippen molar-refractivity contribution in [2.75, 3.05) is 13.2 Å². The monoisotopic (exact) mass is 358 g/mol. The lowest BCUT2D eigenvalue weighted by Crippen LogP contribution is -2.40. The van der Waals surface area contributed by atoms with Gasteiger partial charge in [-0.1, -0.05) is 49.3 Å². The van der Waals surface area contributed by atoms with Crippen LogP contribution >= 0.6 is 0 Å². The zero-order chi connectivity index (χ0) is 18.5. The molecule has 0 saturated carbocycles. The lowest BCUT2D eigenvalue weighted by Gasteiger charge is -2.31. The maximum absolute atomic E-state index is 12.1. The number of nitrogens with zero attached hydrogens (tertiary/aromatic N) is 2. The summed E-state index contributed by atoms with van der Waals surface area (Å²) in [5, 5.41) is 7.46. The van der Waals surface area contributed by atoms with E-state index >= 15 is 0 Å². The molecule has 7 nitrogen and oxygen atoms in total. The van der Waals surface area contributed by atoms with Crippen molar-refractivity contribution in [3.63, 3.8) is 0 Å². The molecule has 0 bridgehead atoms. The molecule has 1 amide bonds. The van der Waals surface area contributed by atoms with Crippen molar-refractivity contribution >= 4 is 5.91 Å². The number of benzene rings is 1. The molecule has 1 aromatic carbocycles. The number of carbonyl (C=O) groups excluding carboxylic acids is 1. The van der Waals surface area contributed by atoms with Gasteiger partial charge in [0.1, 0.15) is 6.04 Å². The maximum Gasteiger partial charge on any atom is 0.244 e. The molecule has 1 aliphatic heterocycles. The van der Waals surface area contributed by atoms with Gasteiger partial charge in [0.25, 0.3) is 0 Å². The number of ether oxygens (including phenoxy) is 1. The minimum atomic E-state index is -0.626. The fourth-order valence-corrected chi connectivity index (χ4v) is 3.23. The van der Waals surface area contributed by atoms with Crippen molar-refractivity contribution < 1.29 is 14.1 Å². The van der Waals surface area contributed by atoms with Gasteiger partial charge in [-0.25, -0.2) is 0 Å². The number of amides is 1. The van der Waals surface area contributed by atoms with E-state index in [1.54, 1.807) is 0 Å². The average molecular weight is 358 g/mol. The van der Waals surface area contributed by atoms with Crippen LogP contribution in [0.3, 0.4) is 0 Å². The van der Waals surface area contributed by atoms with E-state index in [0.29, 0.717) is 24.9 Å². The standard InChI is InChI=1S/C19H26N4O3/c1-12(2)18-22-19(26-23-18)16(14-8-10-25-11-9-14)21-15(17(20)24)13-6-4-3-5-7-13/h3-7,12,14-16,21H,8-11H2,1-2H3,(H2,20,24)/t15-,16+/m1/s1. The van der Waals surface area contributed by atoms with Gasteiger partial charge in [0.15, 0.2) is 5.82 Å². The molecule has 3 N–H and O–H groups in total. The van der Waals surface area contributed by atoms with E-state index in [0.717, 1.165) is 18.4 Å². The Kier molecular flexibility index (Phi) is 6.00. The Morgan fingerprint density at radius 2 is 1.92 bits per heavy atom. The number of primary amides is 1. The largest absolute Gasteiger partial charge is 0.381 e. The molecule has 3 rings (SSSR count). The minimum absolute atomic E-state index is 0.170. The highest BCUT2D eigenvalue weighted by atomic mass is 16.5. The smallest absolute Gasteiger partial charge is 0.244 e. The number of hydrogen-bond donors (Lipinski definition) is 2. The van der Waals surface area contributed by atoms with Gasteiger partial charge in [0.2, 0.25) is 11.8 Å². The summed E-state index contributed by atoms with van der Waals surface area (Å²) in [4.78, 5) is 16.7. The Morgan fingerprint density at radius 1 is 1.23 bits per heavy atom. The van der Waals surface area contributed by atoms with Crippen molar-refractivity contribution in [1.29, 1.82) is 0 Å². The molecule has 26 heavy (non-hydrogen) atoms. The first-order chi connectivity index (χ1) is 12.6. The third-order valence-corrected chi connectivity index (χ3v) is 4.74. The molecule has 2 aromatic rings. The van der Waals surface area contributed by atoms with E-state index in [1.165, 1.54) is 0 Å². The van der Waals surface area contributed by atoms with Crippen LogP contribution in [0.2, 0.25) is 0 Å². The summed E-state index contributed by atoms with van der Waals surface area (Å²) in [5.74, 6) is 1.13. The minimum Gasteiger partial charge on any atom is -0.381 e. The fourth-order valence-electron chi connectivity index (χ4n) is 3.23. The quantitative estimate of drug-likeness (QED) is 0.788. The molecule has 1 aromatic heterocycles. The summed E-state index contributed by atoms with van der Waals surface area (Å²) >= 11 is 0. The second-order valence-electron chi connectivity index (χ2n) is 6.99. The predicted molar refractivity (Wildman–Crippen MR) is 96.2 cm³/mol. The highest BCUT2D eigenvalue weighted by Gasteiger charge is 2.33. The molecule has 1 saturated heterocycles. The zero-order valence-electron chi connectivity index (χ0n) is 15.2. The first-order valence-corrected chi connectivity index (χ1v) is 9.07. The van der Waals surface area contributed by atoms with E-state index in [1.807, 2.05) is 44.2 Å². The molecule has 1 fully saturated rings. The highest BCUT2D eigenvalue weighted by molar-refractivity contribution is 5.81. The van der Waals surface area contributed by atoms with Crippen molar-refractivity contribution in [3.8, 4) is 0 Å². The van der Waals surface area contributed by atoms with Gasteiger partial charge in [0.05, 0.1) is 6.04 Å². The van der Waals surface area contributed by atoms with Crippen LogP contribution in [0.5, 0.6) is 0 Å².